The standard InChI is InChI=1S/C33H29N5O6S2/c1-44-37-26(29(40)35-24-22-18-45-23(17-39)27(31(42)43)38(22)30(24)41)25-28(34)46-32(36-25)33(19-11-5-2-6-12-19,20-13-7-3-8-14-20)21-15-9-4-10-16-21/h2-16,22,24,39H,17-18,34H2,1H3,(H,35,40)(H,42,43)/t22-,24+/m1/s1. The number of aliphatic carboxylic acids is 1. The smallest absolute Gasteiger partial charge is 0.353 e. The third-order valence-electron chi connectivity index (χ3n) is 8.00. The van der Waals surface area contributed by atoms with Crippen molar-refractivity contribution in [2.45, 2.75) is 17.5 Å². The molecule has 0 unspecified atom stereocenters. The van der Waals surface area contributed by atoms with E-state index in [1.165, 1.54) is 18.4 Å². The van der Waals surface area contributed by atoms with Crippen molar-refractivity contribution in [1.82, 2.24) is 15.2 Å². The number of nitrogen functional groups attached to an aromatic ring is 1. The van der Waals surface area contributed by atoms with Crippen LogP contribution in [-0.4, -0.2) is 75.1 Å². The number of aliphatic hydroxyl groups excluding tert-OH is 1. The highest BCUT2D eigenvalue weighted by molar-refractivity contribution is 8.03. The molecule has 0 saturated carbocycles. The van der Waals surface area contributed by atoms with Crippen molar-refractivity contribution in [3.63, 3.8) is 0 Å². The number of hydrogen-bond donors (Lipinski definition) is 4. The van der Waals surface area contributed by atoms with E-state index >= 15 is 0 Å². The first-order valence-corrected chi connectivity index (χ1v) is 16.0. The van der Waals surface area contributed by atoms with Gasteiger partial charge in [0.05, 0.1) is 18.1 Å². The van der Waals surface area contributed by atoms with Gasteiger partial charge in [-0.15, -0.1) is 11.8 Å². The maximum absolute atomic E-state index is 13.8. The van der Waals surface area contributed by atoms with Crippen LogP contribution in [0, 0.1) is 0 Å². The SMILES string of the molecule is CON=C(C(=O)N[C@@H]1C(=O)N2C(C(=O)O)=C(CO)SC[C@H]12)c1nc(C(c2ccccc2)(c2ccccc2)c2ccccc2)sc1N. The quantitative estimate of drug-likeness (QED) is 0.0868. The first-order valence-electron chi connectivity index (χ1n) is 14.2. The Balaban J connectivity index is 1.41. The van der Waals surface area contributed by atoms with Gasteiger partial charge in [0.25, 0.3) is 11.8 Å². The van der Waals surface area contributed by atoms with Crippen molar-refractivity contribution < 1.29 is 29.4 Å². The normalized spacial score (nSPS) is 18.1. The number of anilines is 1. The number of thiazole rings is 1. The monoisotopic (exact) mass is 655 g/mol. The Morgan fingerprint density at radius 3 is 2.04 bits per heavy atom. The average Bonchev–Trinajstić information content (AvgIpc) is 3.47. The summed E-state index contributed by atoms with van der Waals surface area (Å²) in [7, 11) is 1.29. The molecule has 2 aliphatic rings. The number of carbonyl (C=O) groups excluding carboxylic acids is 2. The van der Waals surface area contributed by atoms with Crippen LogP contribution in [0.1, 0.15) is 27.4 Å². The molecule has 2 aliphatic heterocycles. The van der Waals surface area contributed by atoms with Gasteiger partial charge < -0.3 is 26.1 Å². The van der Waals surface area contributed by atoms with Crippen molar-refractivity contribution in [3.8, 4) is 0 Å². The minimum absolute atomic E-state index is 0.0850. The molecule has 3 aromatic carbocycles. The number of β-lactam (4-membered cyclic amide) rings is 1. The highest BCUT2D eigenvalue weighted by Crippen LogP contribution is 2.47. The van der Waals surface area contributed by atoms with Gasteiger partial charge in [-0.1, -0.05) is 107 Å². The lowest BCUT2D eigenvalue weighted by Gasteiger charge is -2.49. The minimum Gasteiger partial charge on any atom is -0.477 e. The second-order valence-electron chi connectivity index (χ2n) is 10.5. The van der Waals surface area contributed by atoms with Crippen LogP contribution in [0.2, 0.25) is 0 Å². The van der Waals surface area contributed by atoms with E-state index in [0.717, 1.165) is 33.4 Å². The van der Waals surface area contributed by atoms with Gasteiger partial charge in [-0.2, -0.15) is 0 Å². The van der Waals surface area contributed by atoms with Crippen LogP contribution in [0.4, 0.5) is 5.00 Å². The van der Waals surface area contributed by atoms with Gasteiger partial charge >= 0.3 is 5.97 Å². The van der Waals surface area contributed by atoms with Crippen molar-refractivity contribution >= 4 is 51.6 Å². The van der Waals surface area contributed by atoms with Crippen LogP contribution < -0.4 is 11.1 Å². The van der Waals surface area contributed by atoms with Crippen LogP contribution in [0.5, 0.6) is 0 Å². The van der Waals surface area contributed by atoms with E-state index in [0.29, 0.717) is 5.01 Å². The summed E-state index contributed by atoms with van der Waals surface area (Å²) >= 11 is 2.35. The molecular formula is C33H29N5O6S2. The molecule has 11 nitrogen and oxygen atoms in total. The highest BCUT2D eigenvalue weighted by atomic mass is 32.2. The Morgan fingerprint density at radius 1 is 1.02 bits per heavy atom. The van der Waals surface area contributed by atoms with Gasteiger partial charge in [0.15, 0.2) is 5.71 Å². The molecule has 5 N–H and O–H groups in total. The minimum atomic E-state index is -1.33. The molecule has 2 atom stereocenters. The number of carbonyl (C=O) groups is 3. The van der Waals surface area contributed by atoms with Crippen molar-refractivity contribution in [3.05, 3.63) is 129 Å². The molecular weight excluding hydrogens is 627 g/mol. The van der Waals surface area contributed by atoms with E-state index in [-0.39, 0.29) is 32.8 Å². The number of nitrogens with zero attached hydrogens (tertiary/aromatic N) is 3. The maximum Gasteiger partial charge on any atom is 0.353 e. The Kier molecular flexibility index (Phi) is 8.63. The Bertz CT molecular complexity index is 1750. The van der Waals surface area contributed by atoms with Crippen molar-refractivity contribution in [2.75, 3.05) is 25.2 Å². The highest BCUT2D eigenvalue weighted by Gasteiger charge is 2.54. The van der Waals surface area contributed by atoms with E-state index in [4.69, 9.17) is 15.6 Å². The van der Waals surface area contributed by atoms with Crippen LogP contribution in [0.3, 0.4) is 0 Å². The predicted octanol–water partition coefficient (Wildman–Crippen LogP) is 3.19. The Hall–Kier alpha value is -4.98. The van der Waals surface area contributed by atoms with E-state index in [1.807, 2.05) is 91.0 Å². The summed E-state index contributed by atoms with van der Waals surface area (Å²) in [6, 6.07) is 28.0. The fourth-order valence-electron chi connectivity index (χ4n) is 5.97. The molecule has 0 bridgehead atoms. The molecule has 234 valence electrons. The summed E-state index contributed by atoms with van der Waals surface area (Å²) in [6.07, 6.45) is 0. The summed E-state index contributed by atoms with van der Waals surface area (Å²) in [6.45, 7) is -0.508. The zero-order chi connectivity index (χ0) is 32.4. The second-order valence-corrected chi connectivity index (χ2v) is 12.6. The number of thioether (sulfide) groups is 1. The number of nitrogens with two attached hydrogens (primary N) is 1. The number of aliphatic hydroxyl groups is 1. The molecule has 0 spiro atoms. The first kappa shape index (κ1) is 31.0. The molecule has 0 radical (unpaired) electrons. The number of fused-ring (bicyclic) bond motifs is 1. The topological polar surface area (TPSA) is 167 Å². The molecule has 1 fully saturated rings. The van der Waals surface area contributed by atoms with Crippen LogP contribution in [0.15, 0.2) is 107 Å². The number of oxime groups is 1. The molecule has 46 heavy (non-hydrogen) atoms. The van der Waals surface area contributed by atoms with E-state index < -0.39 is 41.9 Å². The zero-order valence-corrected chi connectivity index (χ0v) is 26.1. The van der Waals surface area contributed by atoms with Gasteiger partial charge in [-0.3, -0.25) is 14.5 Å². The summed E-state index contributed by atoms with van der Waals surface area (Å²) in [5.74, 6) is -2.41. The molecule has 13 heteroatoms. The van der Waals surface area contributed by atoms with Gasteiger partial charge in [0.1, 0.15) is 34.6 Å². The van der Waals surface area contributed by atoms with Crippen LogP contribution in [0.25, 0.3) is 0 Å². The largest absolute Gasteiger partial charge is 0.477 e. The van der Waals surface area contributed by atoms with Crippen molar-refractivity contribution in [2.24, 2.45) is 5.16 Å². The lowest BCUT2D eigenvalue weighted by molar-refractivity contribution is -0.153. The molecule has 4 aromatic rings. The average molecular weight is 656 g/mol. The van der Waals surface area contributed by atoms with Gasteiger partial charge in [-0.25, -0.2) is 9.78 Å². The maximum atomic E-state index is 13.8. The second kappa shape index (κ2) is 12.8. The number of nitrogens with one attached hydrogen (secondary N) is 1. The number of hydrogen-bond acceptors (Lipinski definition) is 10. The van der Waals surface area contributed by atoms with Gasteiger partial charge in [-0.05, 0) is 16.7 Å². The molecule has 0 aliphatic carbocycles. The number of benzene rings is 3. The molecule has 2 amide bonds. The zero-order valence-electron chi connectivity index (χ0n) is 24.5. The fourth-order valence-corrected chi connectivity index (χ4v) is 8.19. The number of amides is 2. The number of carboxylic acids is 1. The lowest BCUT2D eigenvalue weighted by Crippen LogP contribution is -2.73. The van der Waals surface area contributed by atoms with Crippen molar-refractivity contribution in [1.29, 1.82) is 0 Å². The van der Waals surface area contributed by atoms with E-state index in [9.17, 15) is 24.6 Å². The Labute approximate surface area is 272 Å². The molecule has 3 heterocycles. The predicted molar refractivity (Wildman–Crippen MR) is 175 cm³/mol. The van der Waals surface area contributed by atoms with Gasteiger partial charge in [0, 0.05) is 10.7 Å². The number of rotatable bonds is 10. The summed E-state index contributed by atoms with van der Waals surface area (Å²) in [5.41, 5.74) is 8.06. The van der Waals surface area contributed by atoms with Gasteiger partial charge in [0.2, 0.25) is 0 Å². The third-order valence-corrected chi connectivity index (χ3v) is 10.2. The molecule has 1 aromatic heterocycles. The summed E-state index contributed by atoms with van der Waals surface area (Å²) in [4.78, 5) is 50.0. The third kappa shape index (κ3) is 5.11. The van der Waals surface area contributed by atoms with E-state index in [2.05, 4.69) is 10.5 Å². The molecule has 1 saturated heterocycles. The van der Waals surface area contributed by atoms with Crippen LogP contribution in [-0.2, 0) is 24.6 Å². The fraction of sp³-hybridized carbons (Fsp3) is 0.182. The number of aromatic nitrogens is 1. The van der Waals surface area contributed by atoms with E-state index in [1.54, 1.807) is 0 Å². The molecule has 6 rings (SSSR count). The van der Waals surface area contributed by atoms with Crippen LogP contribution >= 0.6 is 23.1 Å². The lowest BCUT2D eigenvalue weighted by atomic mass is 9.70. The Morgan fingerprint density at radius 2 is 1.57 bits per heavy atom. The summed E-state index contributed by atoms with van der Waals surface area (Å²) in [5, 5.41) is 26.7. The number of carboxylic acid groups (broad SMARTS) is 1. The summed E-state index contributed by atoms with van der Waals surface area (Å²) < 4.78 is 0. The first-order chi connectivity index (χ1) is 22.3.